The monoisotopic (exact) mass is 451 g/mol. The number of ether oxygens (including phenoxy) is 2. The minimum Gasteiger partial charge on any atom is -0.475 e. The van der Waals surface area contributed by atoms with Crippen molar-refractivity contribution in [3.05, 3.63) is 64.8 Å². The summed E-state index contributed by atoms with van der Waals surface area (Å²) in [7, 11) is 1.57. The molecule has 164 valence electrons. The van der Waals surface area contributed by atoms with Gasteiger partial charge in [0.2, 0.25) is 11.8 Å². The highest BCUT2D eigenvalue weighted by Crippen LogP contribution is 2.33. The summed E-state index contributed by atoms with van der Waals surface area (Å²) >= 11 is 1.19. The zero-order valence-corrected chi connectivity index (χ0v) is 17.4. The van der Waals surface area contributed by atoms with Gasteiger partial charge in [0, 0.05) is 36.4 Å². The molecule has 0 atom stereocenters. The Morgan fingerprint density at radius 3 is 2.81 bits per heavy atom. The van der Waals surface area contributed by atoms with Crippen LogP contribution in [0.4, 0.5) is 13.2 Å². The summed E-state index contributed by atoms with van der Waals surface area (Å²) < 4.78 is 49.2. The molecule has 0 bridgehead atoms. The van der Waals surface area contributed by atoms with Crippen LogP contribution in [-0.4, -0.2) is 36.2 Å². The quantitative estimate of drug-likeness (QED) is 0.496. The Bertz CT molecular complexity index is 1020. The van der Waals surface area contributed by atoms with E-state index in [9.17, 15) is 18.0 Å². The van der Waals surface area contributed by atoms with Crippen molar-refractivity contribution < 1.29 is 27.4 Å². The molecule has 0 saturated heterocycles. The molecule has 2 heterocycles. The van der Waals surface area contributed by atoms with Gasteiger partial charge in [-0.25, -0.2) is 9.97 Å². The van der Waals surface area contributed by atoms with Gasteiger partial charge in [-0.2, -0.15) is 13.2 Å². The van der Waals surface area contributed by atoms with Gasteiger partial charge in [-0.05, 0) is 18.2 Å². The van der Waals surface area contributed by atoms with E-state index in [1.807, 2.05) is 0 Å². The summed E-state index contributed by atoms with van der Waals surface area (Å²) in [5.74, 6) is 0.146. The van der Waals surface area contributed by atoms with Crippen molar-refractivity contribution in [3.8, 4) is 16.5 Å². The molecule has 0 spiro atoms. The van der Waals surface area contributed by atoms with Crippen LogP contribution in [0.25, 0.3) is 10.6 Å². The van der Waals surface area contributed by atoms with Gasteiger partial charge in [0.25, 0.3) is 0 Å². The number of carbonyl (C=O) groups excluding carboxylic acids is 1. The normalized spacial score (nSPS) is 11.4. The summed E-state index contributed by atoms with van der Waals surface area (Å²) in [5.41, 5.74) is 0.826. The zero-order chi connectivity index (χ0) is 22.3. The number of aromatic nitrogens is 2. The summed E-state index contributed by atoms with van der Waals surface area (Å²) in [6.07, 6.45) is -2.82. The maximum atomic E-state index is 12.9. The second-order valence-corrected chi connectivity index (χ2v) is 7.34. The maximum absolute atomic E-state index is 12.9. The molecule has 0 aliphatic heterocycles. The number of hydrogen-bond donors (Lipinski definition) is 1. The van der Waals surface area contributed by atoms with Gasteiger partial charge in [0.15, 0.2) is 0 Å². The third kappa shape index (κ3) is 6.50. The number of pyridine rings is 1. The molecular weight excluding hydrogens is 431 g/mol. The second kappa shape index (κ2) is 10.4. The Morgan fingerprint density at radius 1 is 1.19 bits per heavy atom. The largest absolute Gasteiger partial charge is 0.475 e. The van der Waals surface area contributed by atoms with Gasteiger partial charge >= 0.3 is 6.18 Å². The fourth-order valence-corrected chi connectivity index (χ4v) is 3.50. The van der Waals surface area contributed by atoms with E-state index in [0.29, 0.717) is 35.4 Å². The molecule has 10 heteroatoms. The van der Waals surface area contributed by atoms with Crippen molar-refractivity contribution in [2.45, 2.75) is 19.1 Å². The van der Waals surface area contributed by atoms with E-state index in [0.717, 1.165) is 17.7 Å². The molecule has 0 saturated carbocycles. The Labute approximate surface area is 181 Å². The Balaban J connectivity index is 1.59. The number of methoxy groups -OCH3 is 1. The van der Waals surface area contributed by atoms with Crippen molar-refractivity contribution in [3.63, 3.8) is 0 Å². The van der Waals surface area contributed by atoms with Crippen LogP contribution in [-0.2, 0) is 28.7 Å². The van der Waals surface area contributed by atoms with Gasteiger partial charge in [-0.1, -0.05) is 18.2 Å². The molecule has 0 radical (unpaired) electrons. The maximum Gasteiger partial charge on any atom is 0.416 e. The Hall–Kier alpha value is -2.98. The van der Waals surface area contributed by atoms with Crippen molar-refractivity contribution in [2.75, 3.05) is 20.3 Å². The van der Waals surface area contributed by atoms with Crippen molar-refractivity contribution in [1.29, 1.82) is 0 Å². The topological polar surface area (TPSA) is 73.3 Å². The van der Waals surface area contributed by atoms with E-state index < -0.39 is 11.7 Å². The third-order valence-electron chi connectivity index (χ3n) is 4.18. The first kappa shape index (κ1) is 22.7. The Morgan fingerprint density at radius 2 is 2.03 bits per heavy atom. The number of benzene rings is 1. The van der Waals surface area contributed by atoms with E-state index in [-0.39, 0.29) is 18.9 Å². The lowest BCUT2D eigenvalue weighted by atomic mass is 10.1. The van der Waals surface area contributed by atoms with E-state index in [2.05, 4.69) is 15.3 Å². The van der Waals surface area contributed by atoms with Crippen molar-refractivity contribution >= 4 is 17.2 Å². The summed E-state index contributed by atoms with van der Waals surface area (Å²) in [5, 5.41) is 4.87. The molecule has 0 aliphatic rings. The Kier molecular flexibility index (Phi) is 7.59. The number of alkyl halides is 3. The van der Waals surface area contributed by atoms with Crippen LogP contribution in [0.15, 0.2) is 48.0 Å². The highest BCUT2D eigenvalue weighted by Gasteiger charge is 2.30. The van der Waals surface area contributed by atoms with Crippen LogP contribution >= 0.6 is 11.3 Å². The molecule has 2 aromatic heterocycles. The molecule has 0 aliphatic carbocycles. The molecule has 0 fully saturated rings. The van der Waals surface area contributed by atoms with Crippen LogP contribution in [0.2, 0.25) is 0 Å². The van der Waals surface area contributed by atoms with Crippen LogP contribution in [0.5, 0.6) is 5.88 Å². The molecule has 0 unspecified atom stereocenters. The fourth-order valence-electron chi connectivity index (χ4n) is 2.68. The van der Waals surface area contributed by atoms with Crippen LogP contribution < -0.4 is 10.1 Å². The molecule has 3 rings (SSSR count). The molecule has 6 nitrogen and oxygen atoms in total. The van der Waals surface area contributed by atoms with Crippen LogP contribution in [0.1, 0.15) is 16.8 Å². The average Bonchev–Trinajstić information content (AvgIpc) is 3.21. The highest BCUT2D eigenvalue weighted by molar-refractivity contribution is 7.13. The van der Waals surface area contributed by atoms with Gasteiger partial charge in [0.1, 0.15) is 11.6 Å². The minimum atomic E-state index is -4.42. The number of rotatable bonds is 9. The molecule has 3 aromatic rings. The van der Waals surface area contributed by atoms with Gasteiger partial charge in [0.05, 0.1) is 24.3 Å². The van der Waals surface area contributed by atoms with E-state index in [1.54, 1.807) is 36.9 Å². The predicted octanol–water partition coefficient (Wildman–Crippen LogP) is 4.11. The van der Waals surface area contributed by atoms with E-state index >= 15 is 0 Å². The number of nitrogens with one attached hydrogen (secondary N) is 1. The number of amides is 1. The van der Waals surface area contributed by atoms with Gasteiger partial charge in [-0.15, -0.1) is 11.3 Å². The average molecular weight is 451 g/mol. The summed E-state index contributed by atoms with van der Waals surface area (Å²) in [4.78, 5) is 20.8. The second-order valence-electron chi connectivity index (χ2n) is 6.49. The molecular formula is C21H20F3N3O3S. The smallest absolute Gasteiger partial charge is 0.416 e. The molecule has 1 aromatic carbocycles. The fraction of sp³-hybridized carbons (Fsp3) is 0.286. The lowest BCUT2D eigenvalue weighted by Gasteiger charge is -2.10. The SMILES string of the molecule is COCCOc1ncccc1CNC(=O)Cc1csc(-c2cccc(C(F)(F)F)c2)n1. The number of carbonyl (C=O) groups is 1. The van der Waals surface area contributed by atoms with Crippen LogP contribution in [0, 0.1) is 0 Å². The van der Waals surface area contributed by atoms with E-state index in [4.69, 9.17) is 9.47 Å². The summed E-state index contributed by atoms with van der Waals surface area (Å²) in [6, 6.07) is 8.50. The zero-order valence-electron chi connectivity index (χ0n) is 16.6. The number of hydrogen-bond acceptors (Lipinski definition) is 6. The number of nitrogens with zero attached hydrogens (tertiary/aromatic N) is 2. The number of halogens is 3. The van der Waals surface area contributed by atoms with Gasteiger partial charge < -0.3 is 14.8 Å². The summed E-state index contributed by atoms with van der Waals surface area (Å²) in [6.45, 7) is 0.978. The van der Waals surface area contributed by atoms with E-state index in [1.165, 1.54) is 17.4 Å². The first-order valence-electron chi connectivity index (χ1n) is 9.31. The van der Waals surface area contributed by atoms with Crippen molar-refractivity contribution in [1.82, 2.24) is 15.3 Å². The predicted molar refractivity (Wildman–Crippen MR) is 110 cm³/mol. The third-order valence-corrected chi connectivity index (χ3v) is 5.12. The molecule has 1 amide bonds. The molecule has 1 N–H and O–H groups in total. The lowest BCUT2D eigenvalue weighted by molar-refractivity contribution is -0.137. The van der Waals surface area contributed by atoms with Crippen molar-refractivity contribution in [2.24, 2.45) is 0 Å². The van der Waals surface area contributed by atoms with Gasteiger partial charge in [-0.3, -0.25) is 4.79 Å². The molecule has 31 heavy (non-hydrogen) atoms. The van der Waals surface area contributed by atoms with Crippen LogP contribution in [0.3, 0.4) is 0 Å². The standard InChI is InChI=1S/C21H20F3N3O3S/c1-29-8-9-30-19-15(5-3-7-25-19)12-26-18(28)11-17-13-31-20(27-17)14-4-2-6-16(10-14)21(22,23)24/h2-7,10,13H,8-9,11-12H2,1H3,(H,26,28). The lowest BCUT2D eigenvalue weighted by Crippen LogP contribution is -2.25. The minimum absolute atomic E-state index is 0.00951. The first-order chi connectivity index (χ1) is 14.9. The number of thiazole rings is 1. The first-order valence-corrected chi connectivity index (χ1v) is 10.2. The highest BCUT2D eigenvalue weighted by atomic mass is 32.1.